The van der Waals surface area contributed by atoms with Gasteiger partial charge in [-0.3, -0.25) is 4.98 Å². The maximum atomic E-state index is 14.2. The van der Waals surface area contributed by atoms with Crippen LogP contribution in [0.2, 0.25) is 0 Å². The van der Waals surface area contributed by atoms with E-state index in [-0.39, 0.29) is 5.56 Å². The Balaban J connectivity index is 2.50. The van der Waals surface area contributed by atoms with Crippen LogP contribution in [0.4, 0.5) is 8.78 Å². The van der Waals surface area contributed by atoms with Crippen molar-refractivity contribution in [2.24, 2.45) is 0 Å². The van der Waals surface area contributed by atoms with Crippen molar-refractivity contribution >= 4 is 15.9 Å². The largest absolute Gasteiger partial charge is 0.306 e. The monoisotopic (exact) mass is 354 g/mol. The molecule has 1 heterocycles. The van der Waals surface area contributed by atoms with Gasteiger partial charge in [-0.1, -0.05) is 28.9 Å². The molecule has 0 amide bonds. The predicted molar refractivity (Wildman–Crippen MR) is 83.2 cm³/mol. The molecule has 0 radical (unpaired) electrons. The lowest BCUT2D eigenvalue weighted by Gasteiger charge is -2.21. The first-order chi connectivity index (χ1) is 10.0. The molecule has 2 nitrogen and oxygen atoms in total. The van der Waals surface area contributed by atoms with E-state index in [1.165, 1.54) is 12.1 Å². The van der Waals surface area contributed by atoms with Gasteiger partial charge in [-0.25, -0.2) is 8.78 Å². The van der Waals surface area contributed by atoms with E-state index < -0.39 is 17.7 Å². The zero-order chi connectivity index (χ0) is 15.4. The third-order valence-electron chi connectivity index (χ3n) is 3.16. The summed E-state index contributed by atoms with van der Waals surface area (Å²) in [5, 5.41) is 3.20. The summed E-state index contributed by atoms with van der Waals surface area (Å²) in [5.41, 5.74) is 1.73. The number of hydrogen-bond acceptors (Lipinski definition) is 2. The number of rotatable bonds is 5. The lowest BCUT2D eigenvalue weighted by molar-refractivity contribution is 0.501. The van der Waals surface area contributed by atoms with Gasteiger partial charge in [0.25, 0.3) is 0 Å². The number of aromatic nitrogens is 1. The highest BCUT2D eigenvalue weighted by atomic mass is 79.9. The Labute approximate surface area is 131 Å². The Morgan fingerprint density at radius 1 is 1.19 bits per heavy atom. The van der Waals surface area contributed by atoms with E-state index in [9.17, 15) is 8.78 Å². The van der Waals surface area contributed by atoms with Crippen LogP contribution in [0.15, 0.2) is 35.1 Å². The Bertz CT molecular complexity index is 608. The molecule has 1 aromatic heterocycles. The molecular formula is C16H17BrF2N2. The minimum Gasteiger partial charge on any atom is -0.306 e. The van der Waals surface area contributed by atoms with E-state index in [4.69, 9.17) is 0 Å². The van der Waals surface area contributed by atoms with Gasteiger partial charge in [-0.15, -0.1) is 0 Å². The second kappa shape index (κ2) is 7.09. The predicted octanol–water partition coefficient (Wildman–Crippen LogP) is 4.52. The van der Waals surface area contributed by atoms with Crippen LogP contribution in [0.3, 0.4) is 0 Å². The highest BCUT2D eigenvalue weighted by Gasteiger charge is 2.22. The van der Waals surface area contributed by atoms with Gasteiger partial charge in [0.2, 0.25) is 0 Å². The van der Waals surface area contributed by atoms with Crippen LogP contribution < -0.4 is 5.32 Å². The van der Waals surface area contributed by atoms with E-state index in [0.717, 1.165) is 17.5 Å². The fourth-order valence-corrected chi connectivity index (χ4v) is 2.64. The van der Waals surface area contributed by atoms with Crippen molar-refractivity contribution in [3.8, 4) is 0 Å². The molecule has 1 aromatic carbocycles. The highest BCUT2D eigenvalue weighted by molar-refractivity contribution is 9.10. The Kier molecular flexibility index (Phi) is 5.42. The smallest absolute Gasteiger partial charge is 0.132 e. The standard InChI is InChI=1S/C16H17BrF2N2/c1-3-4-21-16(11-5-10(2)8-20-9-11)15-13(18)6-12(17)7-14(15)19/h5-9,16,21H,3-4H2,1-2H3. The van der Waals surface area contributed by atoms with Gasteiger partial charge >= 0.3 is 0 Å². The molecular weight excluding hydrogens is 338 g/mol. The highest BCUT2D eigenvalue weighted by Crippen LogP contribution is 2.29. The van der Waals surface area contributed by atoms with Gasteiger partial charge in [0, 0.05) is 22.4 Å². The second-order valence-corrected chi connectivity index (χ2v) is 5.88. The lowest BCUT2D eigenvalue weighted by atomic mass is 9.98. The van der Waals surface area contributed by atoms with E-state index >= 15 is 0 Å². The summed E-state index contributed by atoms with van der Waals surface area (Å²) >= 11 is 3.10. The Morgan fingerprint density at radius 2 is 1.86 bits per heavy atom. The molecule has 112 valence electrons. The van der Waals surface area contributed by atoms with Gasteiger partial charge in [0.1, 0.15) is 11.6 Å². The summed E-state index contributed by atoms with van der Waals surface area (Å²) in [4.78, 5) is 4.12. The average molecular weight is 355 g/mol. The molecule has 2 aromatic rings. The summed E-state index contributed by atoms with van der Waals surface area (Å²) in [5.74, 6) is -1.14. The third kappa shape index (κ3) is 3.86. The first kappa shape index (κ1) is 16.0. The molecule has 0 aliphatic rings. The number of pyridine rings is 1. The van der Waals surface area contributed by atoms with Gasteiger partial charge in [-0.2, -0.15) is 0 Å². The van der Waals surface area contributed by atoms with Gasteiger partial charge < -0.3 is 5.32 Å². The topological polar surface area (TPSA) is 24.9 Å². The van der Waals surface area contributed by atoms with Crippen molar-refractivity contribution in [2.75, 3.05) is 6.54 Å². The SMILES string of the molecule is CCCNC(c1cncc(C)c1)c1c(F)cc(Br)cc1F. The van der Waals surface area contributed by atoms with Crippen LogP contribution in [-0.2, 0) is 0 Å². The molecule has 0 saturated carbocycles. The zero-order valence-corrected chi connectivity index (χ0v) is 13.5. The number of benzene rings is 1. The number of halogens is 3. The van der Waals surface area contributed by atoms with Crippen molar-refractivity contribution in [1.29, 1.82) is 0 Å². The molecule has 0 spiro atoms. The molecule has 2 rings (SSSR count). The van der Waals surface area contributed by atoms with Crippen LogP contribution in [0.1, 0.15) is 36.1 Å². The number of hydrogen-bond donors (Lipinski definition) is 1. The number of nitrogens with one attached hydrogen (secondary N) is 1. The normalized spacial score (nSPS) is 12.4. The average Bonchev–Trinajstić information content (AvgIpc) is 2.41. The van der Waals surface area contributed by atoms with Crippen molar-refractivity contribution in [3.05, 3.63) is 63.4 Å². The van der Waals surface area contributed by atoms with E-state index in [2.05, 4.69) is 26.2 Å². The molecule has 0 fully saturated rings. The van der Waals surface area contributed by atoms with E-state index in [0.29, 0.717) is 11.0 Å². The Morgan fingerprint density at radius 3 is 2.43 bits per heavy atom. The van der Waals surface area contributed by atoms with Gasteiger partial charge in [-0.05, 0) is 43.1 Å². The summed E-state index contributed by atoms with van der Waals surface area (Å²) in [6.45, 7) is 4.57. The quantitative estimate of drug-likeness (QED) is 0.853. The van der Waals surface area contributed by atoms with Crippen molar-refractivity contribution in [3.63, 3.8) is 0 Å². The molecule has 21 heavy (non-hydrogen) atoms. The molecule has 0 saturated heterocycles. The van der Waals surface area contributed by atoms with E-state index in [1.54, 1.807) is 12.4 Å². The Hall–Kier alpha value is -1.33. The fraction of sp³-hybridized carbons (Fsp3) is 0.312. The summed E-state index contributed by atoms with van der Waals surface area (Å²) in [6.07, 6.45) is 4.23. The third-order valence-corrected chi connectivity index (χ3v) is 3.62. The molecule has 1 N–H and O–H groups in total. The zero-order valence-electron chi connectivity index (χ0n) is 12.0. The minimum absolute atomic E-state index is 0.0269. The lowest BCUT2D eigenvalue weighted by Crippen LogP contribution is -2.25. The van der Waals surface area contributed by atoms with Crippen LogP contribution >= 0.6 is 15.9 Å². The second-order valence-electron chi connectivity index (χ2n) is 4.97. The van der Waals surface area contributed by atoms with Crippen LogP contribution in [0.5, 0.6) is 0 Å². The maximum absolute atomic E-state index is 14.2. The van der Waals surface area contributed by atoms with Crippen LogP contribution in [0, 0.1) is 18.6 Å². The molecule has 0 aliphatic carbocycles. The van der Waals surface area contributed by atoms with Gasteiger partial charge in [0.15, 0.2) is 0 Å². The minimum atomic E-state index is -0.572. The summed E-state index contributed by atoms with van der Waals surface area (Å²) in [6, 6.07) is 3.90. The first-order valence-corrected chi connectivity index (χ1v) is 7.61. The molecule has 0 aliphatic heterocycles. The van der Waals surface area contributed by atoms with Crippen LogP contribution in [-0.4, -0.2) is 11.5 Å². The van der Waals surface area contributed by atoms with Crippen molar-refractivity contribution < 1.29 is 8.78 Å². The van der Waals surface area contributed by atoms with Crippen LogP contribution in [0.25, 0.3) is 0 Å². The van der Waals surface area contributed by atoms with Crippen molar-refractivity contribution in [1.82, 2.24) is 10.3 Å². The summed E-state index contributed by atoms with van der Waals surface area (Å²) < 4.78 is 28.9. The molecule has 1 unspecified atom stereocenters. The van der Waals surface area contributed by atoms with E-state index in [1.807, 2.05) is 19.9 Å². The first-order valence-electron chi connectivity index (χ1n) is 6.82. The molecule has 5 heteroatoms. The fourth-order valence-electron chi connectivity index (χ4n) is 2.24. The summed E-state index contributed by atoms with van der Waals surface area (Å²) in [7, 11) is 0. The number of nitrogens with zero attached hydrogens (tertiary/aromatic N) is 1. The number of aryl methyl sites for hydroxylation is 1. The van der Waals surface area contributed by atoms with Gasteiger partial charge in [0.05, 0.1) is 6.04 Å². The maximum Gasteiger partial charge on any atom is 0.132 e. The van der Waals surface area contributed by atoms with Crippen molar-refractivity contribution in [2.45, 2.75) is 26.3 Å². The molecule has 0 bridgehead atoms. The molecule has 1 atom stereocenters.